The molecule has 0 spiro atoms. The van der Waals surface area contributed by atoms with Crippen molar-refractivity contribution in [3.8, 4) is 0 Å². The number of anilines is 1. The topological polar surface area (TPSA) is 46.1 Å². The van der Waals surface area contributed by atoms with E-state index in [0.717, 1.165) is 5.69 Å². The summed E-state index contributed by atoms with van der Waals surface area (Å²) in [6.07, 6.45) is 1.01. The van der Waals surface area contributed by atoms with Crippen molar-refractivity contribution in [1.29, 1.82) is 0 Å². The van der Waals surface area contributed by atoms with Gasteiger partial charge < -0.3 is 0 Å². The van der Waals surface area contributed by atoms with Gasteiger partial charge in [-0.15, -0.1) is 0 Å². The van der Waals surface area contributed by atoms with Crippen LogP contribution < -0.4 is 4.90 Å². The van der Waals surface area contributed by atoms with Crippen LogP contribution in [0, 0.1) is 0 Å². The molecule has 2 heterocycles. The summed E-state index contributed by atoms with van der Waals surface area (Å²) in [6, 6.07) is 0. The number of fused-ring (bicyclic) bond motifs is 1. The Morgan fingerprint density at radius 2 is 1.86 bits per heavy atom. The highest BCUT2D eigenvalue weighted by atomic mass is 35.5. The maximum atomic E-state index is 11.3. The van der Waals surface area contributed by atoms with E-state index < -0.39 is 0 Å². The first-order valence-corrected chi connectivity index (χ1v) is 4.83. The Morgan fingerprint density at radius 1 is 1.21 bits per heavy atom. The average molecular weight is 232 g/mol. The lowest BCUT2D eigenvalue weighted by Gasteiger charge is -2.23. The largest absolute Gasteiger partial charge is 0.298 e. The van der Waals surface area contributed by atoms with Crippen LogP contribution in [0.1, 0.15) is 12.1 Å². The lowest BCUT2D eigenvalue weighted by atomic mass is 10.1. The monoisotopic (exact) mass is 231 g/mol. The molecule has 0 atom stereocenters. The van der Waals surface area contributed by atoms with Crippen LogP contribution in [0.2, 0.25) is 10.3 Å². The second-order valence-corrected chi connectivity index (χ2v) is 3.74. The summed E-state index contributed by atoms with van der Waals surface area (Å²) in [6.45, 7) is 0. The minimum Gasteiger partial charge on any atom is -0.298 e. The molecule has 0 N–H and O–H groups in total. The van der Waals surface area contributed by atoms with Crippen molar-refractivity contribution in [2.24, 2.45) is 0 Å². The fourth-order valence-electron chi connectivity index (χ4n) is 1.37. The Bertz CT molecular complexity index is 408. The molecule has 0 unspecified atom stereocenters. The predicted molar refractivity (Wildman–Crippen MR) is 53.8 cm³/mol. The van der Waals surface area contributed by atoms with Gasteiger partial charge >= 0.3 is 0 Å². The zero-order valence-electron chi connectivity index (χ0n) is 7.42. The second-order valence-electron chi connectivity index (χ2n) is 3.03. The Labute approximate surface area is 90.9 Å². The van der Waals surface area contributed by atoms with Gasteiger partial charge in [0.15, 0.2) is 16.1 Å². The normalized spacial score (nSPS) is 15.6. The second kappa shape index (κ2) is 3.37. The van der Waals surface area contributed by atoms with E-state index in [1.807, 2.05) is 0 Å². The van der Waals surface area contributed by atoms with E-state index in [2.05, 4.69) is 9.97 Å². The molecule has 1 aromatic rings. The van der Waals surface area contributed by atoms with Crippen molar-refractivity contribution >= 4 is 34.9 Å². The molecule has 0 radical (unpaired) electrons. The molecular weight excluding hydrogens is 225 g/mol. The minimum atomic E-state index is 0.0187. The highest BCUT2D eigenvalue weighted by molar-refractivity contribution is 6.40. The molecule has 1 amide bonds. The van der Waals surface area contributed by atoms with Gasteiger partial charge in [-0.2, -0.15) is 0 Å². The van der Waals surface area contributed by atoms with Crippen LogP contribution in [0.5, 0.6) is 0 Å². The van der Waals surface area contributed by atoms with E-state index >= 15 is 0 Å². The van der Waals surface area contributed by atoms with Gasteiger partial charge in [-0.1, -0.05) is 23.2 Å². The van der Waals surface area contributed by atoms with Crippen LogP contribution >= 0.6 is 23.2 Å². The van der Waals surface area contributed by atoms with Gasteiger partial charge in [0.1, 0.15) is 0 Å². The summed E-state index contributed by atoms with van der Waals surface area (Å²) >= 11 is 11.4. The molecule has 1 aliphatic rings. The zero-order chi connectivity index (χ0) is 10.3. The Morgan fingerprint density at radius 3 is 2.57 bits per heavy atom. The molecule has 2 rings (SSSR count). The zero-order valence-corrected chi connectivity index (χ0v) is 8.93. The summed E-state index contributed by atoms with van der Waals surface area (Å²) in [5, 5.41) is 0.320. The minimum absolute atomic E-state index is 0.0187. The number of aryl methyl sites for hydroxylation is 1. The predicted octanol–water partition coefficient (Wildman–Crippen LogP) is 1.69. The van der Waals surface area contributed by atoms with E-state index in [9.17, 15) is 4.79 Å². The molecule has 0 aromatic carbocycles. The van der Waals surface area contributed by atoms with Gasteiger partial charge in [0.2, 0.25) is 5.91 Å². The van der Waals surface area contributed by atoms with Gasteiger partial charge in [-0.3, -0.25) is 9.69 Å². The average Bonchev–Trinajstić information content (AvgIpc) is 2.15. The summed E-state index contributed by atoms with van der Waals surface area (Å²) in [5.41, 5.74) is 0.724. The van der Waals surface area contributed by atoms with Gasteiger partial charge in [0, 0.05) is 19.9 Å². The smallest absolute Gasteiger partial charge is 0.228 e. The number of carbonyl (C=O) groups excluding carboxylic acids is 1. The van der Waals surface area contributed by atoms with Crippen LogP contribution in [-0.4, -0.2) is 22.9 Å². The lowest BCUT2D eigenvalue weighted by molar-refractivity contribution is -0.118. The SMILES string of the molecule is CN1C(=O)CCc2nc(Cl)c(Cl)nc21. The first-order valence-electron chi connectivity index (χ1n) is 4.08. The molecule has 0 aliphatic carbocycles. The Kier molecular flexibility index (Phi) is 2.33. The van der Waals surface area contributed by atoms with Crippen molar-refractivity contribution in [1.82, 2.24) is 9.97 Å². The molecule has 4 nitrogen and oxygen atoms in total. The third kappa shape index (κ3) is 1.44. The molecule has 74 valence electrons. The maximum Gasteiger partial charge on any atom is 0.228 e. The van der Waals surface area contributed by atoms with E-state index in [4.69, 9.17) is 23.2 Å². The molecule has 1 aromatic heterocycles. The van der Waals surface area contributed by atoms with Crippen LogP contribution in [0.4, 0.5) is 5.82 Å². The van der Waals surface area contributed by atoms with Gasteiger partial charge in [-0.05, 0) is 0 Å². The summed E-state index contributed by atoms with van der Waals surface area (Å²) < 4.78 is 0. The third-order valence-electron chi connectivity index (χ3n) is 2.13. The number of halogens is 2. The number of amides is 1. The first-order chi connectivity index (χ1) is 6.59. The first kappa shape index (κ1) is 9.68. The summed E-state index contributed by atoms with van der Waals surface area (Å²) in [4.78, 5) is 20.9. The van der Waals surface area contributed by atoms with Crippen LogP contribution in [0.15, 0.2) is 0 Å². The van der Waals surface area contributed by atoms with E-state index in [-0.39, 0.29) is 16.2 Å². The van der Waals surface area contributed by atoms with Gasteiger partial charge in [-0.25, -0.2) is 9.97 Å². The van der Waals surface area contributed by atoms with Crippen LogP contribution in [0.25, 0.3) is 0 Å². The molecule has 6 heteroatoms. The van der Waals surface area contributed by atoms with Crippen molar-refractivity contribution in [2.45, 2.75) is 12.8 Å². The number of hydrogen-bond donors (Lipinski definition) is 0. The van der Waals surface area contributed by atoms with Gasteiger partial charge in [0.05, 0.1) is 5.69 Å². The quantitative estimate of drug-likeness (QED) is 0.683. The fourth-order valence-corrected chi connectivity index (χ4v) is 1.63. The molecule has 0 saturated heterocycles. The Hall–Kier alpha value is -0.870. The Balaban J connectivity index is 2.55. The number of rotatable bonds is 0. The van der Waals surface area contributed by atoms with Crippen molar-refractivity contribution in [3.05, 3.63) is 16.0 Å². The molecule has 0 fully saturated rings. The fraction of sp³-hybridized carbons (Fsp3) is 0.375. The molecular formula is C8H7Cl2N3O. The summed E-state index contributed by atoms with van der Waals surface area (Å²) in [7, 11) is 1.65. The molecule has 0 bridgehead atoms. The highest BCUT2D eigenvalue weighted by Crippen LogP contribution is 2.27. The highest BCUT2D eigenvalue weighted by Gasteiger charge is 2.24. The molecule has 0 saturated carbocycles. The maximum absolute atomic E-state index is 11.3. The van der Waals surface area contributed by atoms with Crippen molar-refractivity contribution < 1.29 is 4.79 Å². The summed E-state index contributed by atoms with van der Waals surface area (Å²) in [5.74, 6) is 0.529. The van der Waals surface area contributed by atoms with Crippen molar-refractivity contribution in [2.75, 3.05) is 11.9 Å². The van der Waals surface area contributed by atoms with Crippen LogP contribution in [0.3, 0.4) is 0 Å². The van der Waals surface area contributed by atoms with E-state index in [1.165, 1.54) is 4.90 Å². The lowest BCUT2D eigenvalue weighted by Crippen LogP contribution is -2.32. The number of aromatic nitrogens is 2. The number of carbonyl (C=O) groups is 1. The number of nitrogens with zero attached hydrogens (tertiary/aromatic N) is 3. The third-order valence-corrected chi connectivity index (χ3v) is 2.76. The number of hydrogen-bond acceptors (Lipinski definition) is 3. The van der Waals surface area contributed by atoms with E-state index in [0.29, 0.717) is 18.7 Å². The van der Waals surface area contributed by atoms with Crippen molar-refractivity contribution in [3.63, 3.8) is 0 Å². The van der Waals surface area contributed by atoms with E-state index in [1.54, 1.807) is 7.05 Å². The molecule has 14 heavy (non-hydrogen) atoms. The van der Waals surface area contributed by atoms with Crippen LogP contribution in [-0.2, 0) is 11.2 Å². The standard InChI is InChI=1S/C8H7Cl2N3O/c1-13-5(14)3-2-4-8(13)12-7(10)6(9)11-4/h2-3H2,1H3. The van der Waals surface area contributed by atoms with Gasteiger partial charge in [0.25, 0.3) is 0 Å². The molecule has 1 aliphatic heterocycles.